The molecule has 3 rings (SSSR count). The van der Waals surface area contributed by atoms with E-state index in [9.17, 15) is 9.59 Å². The molecule has 1 saturated heterocycles. The van der Waals surface area contributed by atoms with Crippen molar-refractivity contribution >= 4 is 23.4 Å². The van der Waals surface area contributed by atoms with Crippen molar-refractivity contribution in [1.82, 2.24) is 14.8 Å². The maximum absolute atomic E-state index is 12.9. The maximum Gasteiger partial charge on any atom is 0.255 e. The fraction of sp³-hybridized carbons (Fsp3) is 0.478. The van der Waals surface area contributed by atoms with Crippen LogP contribution in [0.2, 0.25) is 5.02 Å². The summed E-state index contributed by atoms with van der Waals surface area (Å²) in [6.07, 6.45) is 7.00. The van der Waals surface area contributed by atoms with Gasteiger partial charge in [-0.05, 0) is 43.9 Å². The molecule has 0 unspecified atom stereocenters. The number of rotatable bonds is 7. The van der Waals surface area contributed by atoms with Crippen molar-refractivity contribution < 1.29 is 14.3 Å². The lowest BCUT2D eigenvalue weighted by Crippen LogP contribution is -2.48. The number of amides is 2. The Kier molecular flexibility index (Phi) is 7.43. The standard InChI is InChI=1S/C23H30ClN3O3/c1-4-16(5-2)23(29)27-12-8-17(9-13-27)25-22(28)18-14-19(24)20(15-21(18)30-3)26-10-6-7-11-26/h6-7,10-11,14-17H,4-5,8-9,12-13H2,1-3H3,(H,25,28). The van der Waals surface area contributed by atoms with Crippen molar-refractivity contribution in [3.63, 3.8) is 0 Å². The molecule has 162 valence electrons. The molecule has 0 spiro atoms. The molecule has 6 nitrogen and oxygen atoms in total. The van der Waals surface area contributed by atoms with Gasteiger partial charge in [0.2, 0.25) is 5.91 Å². The summed E-state index contributed by atoms with van der Waals surface area (Å²) >= 11 is 6.45. The van der Waals surface area contributed by atoms with Crippen LogP contribution in [0.3, 0.4) is 0 Å². The van der Waals surface area contributed by atoms with Crippen molar-refractivity contribution in [1.29, 1.82) is 0 Å². The van der Waals surface area contributed by atoms with Gasteiger partial charge in [0.25, 0.3) is 5.91 Å². The SMILES string of the molecule is CCC(CC)C(=O)N1CCC(NC(=O)c2cc(Cl)c(-n3cccc3)cc2OC)CC1. The molecule has 1 fully saturated rings. The number of nitrogens with zero attached hydrogens (tertiary/aromatic N) is 2. The number of likely N-dealkylation sites (tertiary alicyclic amines) is 1. The predicted molar refractivity (Wildman–Crippen MR) is 118 cm³/mol. The van der Waals surface area contributed by atoms with Crippen LogP contribution in [0.25, 0.3) is 5.69 Å². The Hall–Kier alpha value is -2.47. The Morgan fingerprint density at radius 2 is 1.80 bits per heavy atom. The van der Waals surface area contributed by atoms with Crippen LogP contribution in [-0.4, -0.2) is 47.5 Å². The zero-order valence-corrected chi connectivity index (χ0v) is 18.6. The molecule has 1 aliphatic heterocycles. The van der Waals surface area contributed by atoms with Crippen LogP contribution in [0.1, 0.15) is 49.9 Å². The molecule has 1 aliphatic rings. The van der Waals surface area contributed by atoms with Gasteiger partial charge in [0.15, 0.2) is 0 Å². The second-order valence-corrected chi connectivity index (χ2v) is 8.09. The third-order valence-electron chi connectivity index (χ3n) is 5.87. The molecule has 1 aromatic heterocycles. The number of carbonyl (C=O) groups is 2. The van der Waals surface area contributed by atoms with E-state index in [0.717, 1.165) is 31.4 Å². The second-order valence-electron chi connectivity index (χ2n) is 7.68. The molecule has 2 amide bonds. The van der Waals surface area contributed by atoms with E-state index in [1.807, 2.05) is 34.0 Å². The molecule has 0 saturated carbocycles. The summed E-state index contributed by atoms with van der Waals surface area (Å²) in [6.45, 7) is 5.45. The number of hydrogen-bond donors (Lipinski definition) is 1. The molecule has 1 N–H and O–H groups in total. The molecule has 0 radical (unpaired) electrons. The lowest BCUT2D eigenvalue weighted by molar-refractivity contribution is -0.136. The zero-order chi connectivity index (χ0) is 21.7. The predicted octanol–water partition coefficient (Wildman–Crippen LogP) is 4.30. The van der Waals surface area contributed by atoms with Gasteiger partial charge >= 0.3 is 0 Å². The number of hydrogen-bond acceptors (Lipinski definition) is 3. The highest BCUT2D eigenvalue weighted by atomic mass is 35.5. The van der Waals surface area contributed by atoms with E-state index < -0.39 is 0 Å². The minimum atomic E-state index is -0.211. The summed E-state index contributed by atoms with van der Waals surface area (Å²) in [5.74, 6) is 0.597. The number of methoxy groups -OCH3 is 1. The summed E-state index contributed by atoms with van der Waals surface area (Å²) in [6, 6.07) is 7.26. The Bertz CT molecular complexity index is 870. The number of nitrogens with one attached hydrogen (secondary N) is 1. The molecule has 0 bridgehead atoms. The van der Waals surface area contributed by atoms with Crippen LogP contribution in [-0.2, 0) is 4.79 Å². The van der Waals surface area contributed by atoms with E-state index in [4.69, 9.17) is 16.3 Å². The van der Waals surface area contributed by atoms with Gasteiger partial charge in [0, 0.05) is 43.5 Å². The largest absolute Gasteiger partial charge is 0.496 e. The lowest BCUT2D eigenvalue weighted by atomic mass is 9.98. The number of carbonyl (C=O) groups excluding carboxylic acids is 2. The first-order chi connectivity index (χ1) is 14.5. The van der Waals surface area contributed by atoms with Crippen molar-refractivity contribution in [2.24, 2.45) is 5.92 Å². The molecule has 30 heavy (non-hydrogen) atoms. The van der Waals surface area contributed by atoms with Crippen LogP contribution in [0, 0.1) is 5.92 Å². The van der Waals surface area contributed by atoms with Gasteiger partial charge < -0.3 is 19.5 Å². The average molecular weight is 432 g/mol. The van der Waals surface area contributed by atoms with Crippen LogP contribution in [0.15, 0.2) is 36.7 Å². The van der Waals surface area contributed by atoms with Crippen LogP contribution in [0.5, 0.6) is 5.75 Å². The van der Waals surface area contributed by atoms with Crippen molar-refractivity contribution in [2.75, 3.05) is 20.2 Å². The zero-order valence-electron chi connectivity index (χ0n) is 17.9. The third-order valence-corrected chi connectivity index (χ3v) is 6.18. The first-order valence-corrected chi connectivity index (χ1v) is 11.0. The molecule has 0 aliphatic carbocycles. The highest BCUT2D eigenvalue weighted by molar-refractivity contribution is 6.33. The molecule has 7 heteroatoms. The van der Waals surface area contributed by atoms with E-state index in [2.05, 4.69) is 19.2 Å². The van der Waals surface area contributed by atoms with Gasteiger partial charge in [0.05, 0.1) is 23.4 Å². The van der Waals surface area contributed by atoms with Gasteiger partial charge in [-0.3, -0.25) is 9.59 Å². The van der Waals surface area contributed by atoms with Gasteiger partial charge in [0.1, 0.15) is 5.75 Å². The second kappa shape index (κ2) is 10.0. The van der Waals surface area contributed by atoms with Gasteiger partial charge in [-0.25, -0.2) is 0 Å². The topological polar surface area (TPSA) is 63.6 Å². The van der Waals surface area contributed by atoms with Crippen molar-refractivity contribution in [3.8, 4) is 11.4 Å². The number of piperidine rings is 1. The Labute approximate surface area is 183 Å². The minimum absolute atomic E-state index is 0.0239. The first-order valence-electron chi connectivity index (χ1n) is 10.6. The first kappa shape index (κ1) is 22.2. The maximum atomic E-state index is 12.9. The highest BCUT2D eigenvalue weighted by Crippen LogP contribution is 2.30. The molecular formula is C23H30ClN3O3. The Balaban J connectivity index is 1.66. The summed E-state index contributed by atoms with van der Waals surface area (Å²) in [7, 11) is 1.54. The number of aromatic nitrogens is 1. The molecule has 2 aromatic rings. The summed E-state index contributed by atoms with van der Waals surface area (Å²) in [5.41, 5.74) is 1.16. The van der Waals surface area contributed by atoms with E-state index in [1.165, 1.54) is 0 Å². The lowest BCUT2D eigenvalue weighted by Gasteiger charge is -2.34. The molecule has 0 atom stereocenters. The molecule has 1 aromatic carbocycles. The summed E-state index contributed by atoms with van der Waals surface area (Å²) in [4.78, 5) is 27.4. The fourth-order valence-electron chi connectivity index (χ4n) is 3.99. The van der Waals surface area contributed by atoms with Gasteiger partial charge in [-0.2, -0.15) is 0 Å². The summed E-state index contributed by atoms with van der Waals surface area (Å²) < 4.78 is 7.34. The fourth-order valence-corrected chi connectivity index (χ4v) is 4.25. The van der Waals surface area contributed by atoms with E-state index in [1.54, 1.807) is 19.2 Å². The minimum Gasteiger partial charge on any atom is -0.496 e. The monoisotopic (exact) mass is 431 g/mol. The van der Waals surface area contributed by atoms with Crippen molar-refractivity contribution in [3.05, 3.63) is 47.2 Å². The average Bonchev–Trinajstić information content (AvgIpc) is 3.29. The highest BCUT2D eigenvalue weighted by Gasteiger charge is 2.28. The van der Waals surface area contributed by atoms with Gasteiger partial charge in [-0.15, -0.1) is 0 Å². The molecule has 2 heterocycles. The van der Waals surface area contributed by atoms with Crippen LogP contribution in [0.4, 0.5) is 0 Å². The smallest absolute Gasteiger partial charge is 0.255 e. The number of benzene rings is 1. The quantitative estimate of drug-likeness (QED) is 0.711. The van der Waals surface area contributed by atoms with Gasteiger partial charge in [-0.1, -0.05) is 25.4 Å². The van der Waals surface area contributed by atoms with Crippen LogP contribution >= 0.6 is 11.6 Å². The van der Waals surface area contributed by atoms with Crippen LogP contribution < -0.4 is 10.1 Å². The Morgan fingerprint density at radius 1 is 1.17 bits per heavy atom. The summed E-state index contributed by atoms with van der Waals surface area (Å²) in [5, 5.41) is 3.56. The normalized spacial score (nSPS) is 14.8. The van der Waals surface area contributed by atoms with Crippen molar-refractivity contribution in [2.45, 2.75) is 45.6 Å². The number of halogens is 1. The Morgan fingerprint density at radius 3 is 2.37 bits per heavy atom. The van der Waals surface area contributed by atoms with E-state index in [0.29, 0.717) is 29.4 Å². The number of ether oxygens (including phenoxy) is 1. The third kappa shape index (κ3) is 4.81. The van der Waals surface area contributed by atoms with E-state index >= 15 is 0 Å². The van der Waals surface area contributed by atoms with E-state index in [-0.39, 0.29) is 23.8 Å². The molecular weight excluding hydrogens is 402 g/mol.